The molecule has 0 atom stereocenters. The van der Waals surface area contributed by atoms with Crippen LogP contribution in [0.15, 0.2) is 66.7 Å². The largest absolute Gasteiger partial charge is 0.487 e. The number of hydrogen-bond donors (Lipinski definition) is 1. The fraction of sp³-hybridized carbons (Fsp3) is 0.217. The van der Waals surface area contributed by atoms with Crippen LogP contribution in [0.1, 0.15) is 30.1 Å². The Kier molecular flexibility index (Phi) is 4.20. The van der Waals surface area contributed by atoms with Crippen molar-refractivity contribution < 1.29 is 4.74 Å². The molecule has 2 heterocycles. The molecular formula is C23H22N4O. The summed E-state index contributed by atoms with van der Waals surface area (Å²) in [5.41, 5.74) is 2.17. The predicted molar refractivity (Wildman–Crippen MR) is 111 cm³/mol. The van der Waals surface area contributed by atoms with Gasteiger partial charge in [0.25, 0.3) is 0 Å². The summed E-state index contributed by atoms with van der Waals surface area (Å²) in [7, 11) is 2.01. The van der Waals surface area contributed by atoms with E-state index in [1.807, 2.05) is 54.2 Å². The van der Waals surface area contributed by atoms with E-state index in [1.165, 1.54) is 18.5 Å². The second-order valence-corrected chi connectivity index (χ2v) is 7.26. The Morgan fingerprint density at radius 3 is 2.64 bits per heavy atom. The van der Waals surface area contributed by atoms with Gasteiger partial charge in [-0.05, 0) is 36.4 Å². The molecule has 1 N–H and O–H groups in total. The van der Waals surface area contributed by atoms with Gasteiger partial charge in [-0.2, -0.15) is 5.10 Å². The maximum atomic E-state index is 5.90. The highest BCUT2D eigenvalue weighted by molar-refractivity contribution is 5.93. The van der Waals surface area contributed by atoms with Crippen molar-refractivity contribution in [3.05, 3.63) is 78.1 Å². The fourth-order valence-electron chi connectivity index (χ4n) is 3.52. The molecule has 0 amide bonds. The van der Waals surface area contributed by atoms with Gasteiger partial charge in [0.15, 0.2) is 5.82 Å². The van der Waals surface area contributed by atoms with Gasteiger partial charge >= 0.3 is 0 Å². The Balaban J connectivity index is 1.45. The molecule has 1 fully saturated rings. The van der Waals surface area contributed by atoms with Gasteiger partial charge < -0.3 is 10.1 Å². The van der Waals surface area contributed by atoms with Crippen LogP contribution in [0.4, 0.5) is 11.6 Å². The lowest BCUT2D eigenvalue weighted by Gasteiger charge is -2.11. The maximum Gasteiger partial charge on any atom is 0.153 e. The van der Waals surface area contributed by atoms with E-state index in [-0.39, 0.29) is 0 Å². The fourth-order valence-corrected chi connectivity index (χ4v) is 3.52. The summed E-state index contributed by atoms with van der Waals surface area (Å²) in [5.74, 6) is 3.14. The topological polar surface area (TPSA) is 52.0 Å². The van der Waals surface area contributed by atoms with Crippen molar-refractivity contribution in [2.75, 3.05) is 5.32 Å². The summed E-state index contributed by atoms with van der Waals surface area (Å²) in [6.45, 7) is 0.416. The summed E-state index contributed by atoms with van der Waals surface area (Å²) < 4.78 is 7.88. The molecular weight excluding hydrogens is 348 g/mol. The minimum atomic E-state index is 0.416. The molecule has 5 heteroatoms. The number of aromatic nitrogens is 3. The van der Waals surface area contributed by atoms with Crippen LogP contribution in [0, 0.1) is 0 Å². The summed E-state index contributed by atoms with van der Waals surface area (Å²) in [4.78, 5) is 4.83. The lowest BCUT2D eigenvalue weighted by atomic mass is 10.1. The molecule has 0 aliphatic heterocycles. The Labute approximate surface area is 164 Å². The molecule has 140 valence electrons. The van der Waals surface area contributed by atoms with Crippen LogP contribution in [0.5, 0.6) is 5.75 Å². The summed E-state index contributed by atoms with van der Waals surface area (Å²) in [5, 5.41) is 10.3. The highest BCUT2D eigenvalue weighted by atomic mass is 16.5. The van der Waals surface area contributed by atoms with Crippen molar-refractivity contribution >= 4 is 22.4 Å². The standard InChI is InChI=1S/C23H22N4O/c1-27-21(16-11-12-16)14-22(26-27)25-23-20-10-6-5-7-17(20)13-18(24-23)15-28-19-8-3-2-4-9-19/h2-10,13-14,16H,11-12,15H2,1H3,(H,24,25,26). The monoisotopic (exact) mass is 370 g/mol. The minimum absolute atomic E-state index is 0.416. The van der Waals surface area contributed by atoms with Gasteiger partial charge in [-0.25, -0.2) is 4.98 Å². The number of nitrogens with zero attached hydrogens (tertiary/aromatic N) is 3. The van der Waals surface area contributed by atoms with Crippen LogP contribution < -0.4 is 10.1 Å². The van der Waals surface area contributed by atoms with Crippen molar-refractivity contribution in [1.29, 1.82) is 0 Å². The van der Waals surface area contributed by atoms with Crippen LogP contribution >= 0.6 is 0 Å². The second kappa shape index (κ2) is 7.00. The minimum Gasteiger partial charge on any atom is -0.487 e. The number of anilines is 2. The zero-order chi connectivity index (χ0) is 18.9. The maximum absolute atomic E-state index is 5.90. The van der Waals surface area contributed by atoms with E-state index in [4.69, 9.17) is 9.72 Å². The van der Waals surface area contributed by atoms with Crippen molar-refractivity contribution in [2.24, 2.45) is 7.05 Å². The molecule has 28 heavy (non-hydrogen) atoms. The lowest BCUT2D eigenvalue weighted by molar-refractivity contribution is 0.302. The lowest BCUT2D eigenvalue weighted by Crippen LogP contribution is -2.03. The smallest absolute Gasteiger partial charge is 0.153 e. The van der Waals surface area contributed by atoms with E-state index in [2.05, 4.69) is 34.7 Å². The van der Waals surface area contributed by atoms with E-state index in [1.54, 1.807) is 0 Å². The van der Waals surface area contributed by atoms with Crippen molar-refractivity contribution in [1.82, 2.24) is 14.8 Å². The first kappa shape index (κ1) is 16.8. The Morgan fingerprint density at radius 2 is 1.82 bits per heavy atom. The Hall–Kier alpha value is -3.34. The second-order valence-electron chi connectivity index (χ2n) is 7.26. The van der Waals surface area contributed by atoms with Crippen LogP contribution in [0.2, 0.25) is 0 Å². The number of aryl methyl sites for hydroxylation is 1. The zero-order valence-electron chi connectivity index (χ0n) is 15.8. The first-order chi connectivity index (χ1) is 13.8. The predicted octanol–water partition coefficient (Wildman–Crippen LogP) is 5.17. The van der Waals surface area contributed by atoms with Crippen LogP contribution in [0.3, 0.4) is 0 Å². The van der Waals surface area contributed by atoms with E-state index >= 15 is 0 Å². The van der Waals surface area contributed by atoms with Crippen LogP contribution in [-0.4, -0.2) is 14.8 Å². The number of pyridine rings is 1. The molecule has 5 nitrogen and oxygen atoms in total. The first-order valence-corrected chi connectivity index (χ1v) is 9.64. The highest BCUT2D eigenvalue weighted by Crippen LogP contribution is 2.40. The van der Waals surface area contributed by atoms with Crippen molar-refractivity contribution in [3.8, 4) is 5.75 Å². The van der Waals surface area contributed by atoms with Gasteiger partial charge in [-0.15, -0.1) is 0 Å². The van der Waals surface area contributed by atoms with Gasteiger partial charge in [-0.1, -0.05) is 42.5 Å². The number of ether oxygens (including phenoxy) is 1. The quantitative estimate of drug-likeness (QED) is 0.509. The first-order valence-electron chi connectivity index (χ1n) is 9.64. The number of hydrogen-bond acceptors (Lipinski definition) is 4. The third-order valence-electron chi connectivity index (χ3n) is 5.08. The van der Waals surface area contributed by atoms with Gasteiger partial charge in [0, 0.05) is 30.1 Å². The average Bonchev–Trinajstić information content (AvgIpc) is 3.50. The van der Waals surface area contributed by atoms with Gasteiger partial charge in [-0.3, -0.25) is 4.68 Å². The Morgan fingerprint density at radius 1 is 1.04 bits per heavy atom. The van der Waals surface area contributed by atoms with Gasteiger partial charge in [0.2, 0.25) is 0 Å². The van der Waals surface area contributed by atoms with E-state index in [0.717, 1.165) is 33.9 Å². The molecule has 0 saturated heterocycles. The summed E-state index contributed by atoms with van der Waals surface area (Å²) >= 11 is 0. The number of rotatable bonds is 6. The molecule has 1 saturated carbocycles. The van der Waals surface area contributed by atoms with Crippen molar-refractivity contribution in [3.63, 3.8) is 0 Å². The van der Waals surface area contributed by atoms with Gasteiger partial charge in [0.1, 0.15) is 18.2 Å². The summed E-state index contributed by atoms with van der Waals surface area (Å²) in [6, 6.07) is 22.3. The van der Waals surface area contributed by atoms with E-state index < -0.39 is 0 Å². The molecule has 1 aliphatic rings. The molecule has 0 radical (unpaired) electrons. The highest BCUT2D eigenvalue weighted by Gasteiger charge is 2.27. The van der Waals surface area contributed by atoms with Crippen LogP contribution in [-0.2, 0) is 13.7 Å². The Bertz CT molecular complexity index is 1120. The SMILES string of the molecule is Cn1nc(Nc2nc(COc3ccccc3)cc3ccccc23)cc1C1CC1. The number of benzene rings is 2. The molecule has 5 rings (SSSR count). The third kappa shape index (κ3) is 3.43. The molecule has 1 aliphatic carbocycles. The average molecular weight is 370 g/mol. The number of fused-ring (bicyclic) bond motifs is 1. The molecule has 4 aromatic rings. The van der Waals surface area contributed by atoms with Crippen molar-refractivity contribution in [2.45, 2.75) is 25.4 Å². The molecule has 0 unspecified atom stereocenters. The van der Waals surface area contributed by atoms with E-state index in [9.17, 15) is 0 Å². The molecule has 2 aromatic heterocycles. The zero-order valence-corrected chi connectivity index (χ0v) is 15.8. The molecule has 2 aromatic carbocycles. The van der Waals surface area contributed by atoms with E-state index in [0.29, 0.717) is 12.5 Å². The number of nitrogens with one attached hydrogen (secondary N) is 1. The normalized spacial score (nSPS) is 13.6. The number of para-hydroxylation sites is 1. The third-order valence-corrected chi connectivity index (χ3v) is 5.08. The molecule has 0 spiro atoms. The van der Waals surface area contributed by atoms with Crippen LogP contribution in [0.25, 0.3) is 10.8 Å². The molecule has 0 bridgehead atoms. The summed E-state index contributed by atoms with van der Waals surface area (Å²) in [6.07, 6.45) is 2.51. The van der Waals surface area contributed by atoms with Gasteiger partial charge in [0.05, 0.1) is 5.69 Å².